The van der Waals surface area contributed by atoms with Gasteiger partial charge in [-0.05, 0) is 30.7 Å². The third kappa shape index (κ3) is 5.46. The van der Waals surface area contributed by atoms with Crippen LogP contribution in [-0.2, 0) is 4.74 Å². The lowest BCUT2D eigenvalue weighted by Gasteiger charge is -2.10. The van der Waals surface area contributed by atoms with Crippen LogP contribution in [0.1, 0.15) is 6.42 Å². The molecule has 0 aliphatic heterocycles. The van der Waals surface area contributed by atoms with Crippen molar-refractivity contribution in [3.05, 3.63) is 54.6 Å². The minimum Gasteiger partial charge on any atom is -0.457 e. The molecule has 2 aromatic rings. The Bertz CT molecular complexity index is 587. The highest BCUT2D eigenvalue weighted by molar-refractivity contribution is 5.89. The normalized spacial score (nSPS) is 10.0. The van der Waals surface area contributed by atoms with Crippen LogP contribution in [0.2, 0.25) is 0 Å². The number of anilines is 1. The maximum Gasteiger partial charge on any atom is 0.319 e. The minimum absolute atomic E-state index is 0.243. The molecule has 0 unspecified atom stereocenters. The Morgan fingerprint density at radius 3 is 2.59 bits per heavy atom. The van der Waals surface area contributed by atoms with Gasteiger partial charge in [-0.15, -0.1) is 0 Å². The molecule has 5 heteroatoms. The maximum atomic E-state index is 11.7. The van der Waals surface area contributed by atoms with Gasteiger partial charge in [0.15, 0.2) is 0 Å². The van der Waals surface area contributed by atoms with Crippen LogP contribution < -0.4 is 15.4 Å². The smallest absolute Gasteiger partial charge is 0.319 e. The van der Waals surface area contributed by atoms with Crippen molar-refractivity contribution in [2.75, 3.05) is 25.6 Å². The van der Waals surface area contributed by atoms with Crippen LogP contribution in [0, 0.1) is 0 Å². The second-order valence-corrected chi connectivity index (χ2v) is 4.67. The number of urea groups is 1. The van der Waals surface area contributed by atoms with Crippen LogP contribution in [-0.4, -0.2) is 26.3 Å². The van der Waals surface area contributed by atoms with Crippen molar-refractivity contribution in [2.45, 2.75) is 6.42 Å². The zero-order valence-corrected chi connectivity index (χ0v) is 12.5. The Labute approximate surface area is 130 Å². The van der Waals surface area contributed by atoms with Crippen molar-refractivity contribution < 1.29 is 14.3 Å². The zero-order valence-electron chi connectivity index (χ0n) is 12.5. The van der Waals surface area contributed by atoms with E-state index < -0.39 is 0 Å². The number of ether oxygens (including phenoxy) is 2. The molecule has 0 aliphatic rings. The SMILES string of the molecule is COCCCNC(=O)Nc1cccc(Oc2ccccc2)c1. The highest BCUT2D eigenvalue weighted by atomic mass is 16.5. The topological polar surface area (TPSA) is 59.6 Å². The average Bonchev–Trinajstić information content (AvgIpc) is 2.53. The van der Waals surface area contributed by atoms with Crippen LogP contribution in [0.5, 0.6) is 11.5 Å². The molecule has 0 spiro atoms. The van der Waals surface area contributed by atoms with E-state index in [1.54, 1.807) is 13.2 Å². The summed E-state index contributed by atoms with van der Waals surface area (Å²) >= 11 is 0. The monoisotopic (exact) mass is 300 g/mol. The van der Waals surface area contributed by atoms with E-state index in [-0.39, 0.29) is 6.03 Å². The zero-order chi connectivity index (χ0) is 15.6. The van der Waals surface area contributed by atoms with Crippen molar-refractivity contribution >= 4 is 11.7 Å². The lowest BCUT2D eigenvalue weighted by molar-refractivity contribution is 0.194. The van der Waals surface area contributed by atoms with Gasteiger partial charge in [0.2, 0.25) is 0 Å². The molecule has 0 fully saturated rings. The van der Waals surface area contributed by atoms with Gasteiger partial charge in [-0.3, -0.25) is 0 Å². The highest BCUT2D eigenvalue weighted by Crippen LogP contribution is 2.23. The molecule has 0 radical (unpaired) electrons. The predicted molar refractivity (Wildman–Crippen MR) is 86.5 cm³/mol. The maximum absolute atomic E-state index is 11.7. The summed E-state index contributed by atoms with van der Waals surface area (Å²) in [5.74, 6) is 1.42. The van der Waals surface area contributed by atoms with Crippen LogP contribution >= 0.6 is 0 Å². The first-order valence-electron chi connectivity index (χ1n) is 7.14. The second-order valence-electron chi connectivity index (χ2n) is 4.67. The standard InChI is InChI=1S/C17H20N2O3/c1-21-12-6-11-18-17(20)19-14-7-5-10-16(13-14)22-15-8-3-2-4-9-15/h2-5,7-10,13H,6,11-12H2,1H3,(H2,18,19,20). The largest absolute Gasteiger partial charge is 0.457 e. The number of nitrogens with one attached hydrogen (secondary N) is 2. The van der Waals surface area contributed by atoms with E-state index >= 15 is 0 Å². The Kier molecular flexibility index (Phi) is 6.26. The lowest BCUT2D eigenvalue weighted by atomic mass is 10.3. The van der Waals surface area contributed by atoms with Gasteiger partial charge in [-0.2, -0.15) is 0 Å². The fourth-order valence-corrected chi connectivity index (χ4v) is 1.86. The molecule has 0 heterocycles. The number of para-hydroxylation sites is 1. The van der Waals surface area contributed by atoms with Crippen molar-refractivity contribution in [1.29, 1.82) is 0 Å². The summed E-state index contributed by atoms with van der Waals surface area (Å²) in [4.78, 5) is 11.7. The van der Waals surface area contributed by atoms with E-state index in [2.05, 4.69) is 10.6 Å². The van der Waals surface area contributed by atoms with Crippen LogP contribution in [0.25, 0.3) is 0 Å². The Morgan fingerprint density at radius 2 is 1.82 bits per heavy atom. The molecule has 116 valence electrons. The number of carbonyl (C=O) groups is 1. The summed E-state index contributed by atoms with van der Waals surface area (Å²) in [6.07, 6.45) is 0.779. The van der Waals surface area contributed by atoms with Crippen molar-refractivity contribution in [3.8, 4) is 11.5 Å². The number of amides is 2. The van der Waals surface area contributed by atoms with Gasteiger partial charge in [0.1, 0.15) is 11.5 Å². The third-order valence-electron chi connectivity index (χ3n) is 2.88. The molecule has 22 heavy (non-hydrogen) atoms. The molecule has 2 aromatic carbocycles. The summed E-state index contributed by atoms with van der Waals surface area (Å²) in [6, 6.07) is 16.5. The Balaban J connectivity index is 1.87. The molecule has 2 amide bonds. The molecule has 0 atom stereocenters. The first kappa shape index (κ1) is 15.9. The minimum atomic E-state index is -0.243. The van der Waals surface area contributed by atoms with Crippen LogP contribution in [0.15, 0.2) is 54.6 Å². The number of hydrogen-bond acceptors (Lipinski definition) is 3. The van der Waals surface area contributed by atoms with Crippen LogP contribution in [0.3, 0.4) is 0 Å². The van der Waals surface area contributed by atoms with E-state index in [9.17, 15) is 4.79 Å². The fraction of sp³-hybridized carbons (Fsp3) is 0.235. The molecule has 0 saturated carbocycles. The van der Waals surface area contributed by atoms with Crippen molar-refractivity contribution in [1.82, 2.24) is 5.32 Å². The fourth-order valence-electron chi connectivity index (χ4n) is 1.86. The molecule has 0 saturated heterocycles. The lowest BCUT2D eigenvalue weighted by Crippen LogP contribution is -2.30. The number of rotatable bonds is 7. The molecule has 0 bridgehead atoms. The number of carbonyl (C=O) groups excluding carboxylic acids is 1. The number of methoxy groups -OCH3 is 1. The second kappa shape index (κ2) is 8.69. The number of benzene rings is 2. The van der Waals surface area contributed by atoms with E-state index in [4.69, 9.17) is 9.47 Å². The summed E-state index contributed by atoms with van der Waals surface area (Å²) in [6.45, 7) is 1.20. The van der Waals surface area contributed by atoms with Gasteiger partial charge in [0.25, 0.3) is 0 Å². The van der Waals surface area contributed by atoms with Gasteiger partial charge in [-0.25, -0.2) is 4.79 Å². The molecule has 0 aromatic heterocycles. The molecule has 2 N–H and O–H groups in total. The summed E-state index contributed by atoms with van der Waals surface area (Å²) in [5.41, 5.74) is 0.678. The van der Waals surface area contributed by atoms with E-state index in [1.807, 2.05) is 48.5 Å². The first-order chi connectivity index (χ1) is 10.8. The molecular formula is C17H20N2O3. The Morgan fingerprint density at radius 1 is 1.05 bits per heavy atom. The molecule has 2 rings (SSSR count). The van der Waals surface area contributed by atoms with Gasteiger partial charge in [0, 0.05) is 32.0 Å². The van der Waals surface area contributed by atoms with Crippen LogP contribution in [0.4, 0.5) is 10.5 Å². The molecule has 0 aliphatic carbocycles. The van der Waals surface area contributed by atoms with Crippen molar-refractivity contribution in [2.24, 2.45) is 0 Å². The third-order valence-corrected chi connectivity index (χ3v) is 2.88. The highest BCUT2D eigenvalue weighted by Gasteiger charge is 2.03. The van der Waals surface area contributed by atoms with Gasteiger partial charge in [0.05, 0.1) is 0 Å². The summed E-state index contributed by atoms with van der Waals surface area (Å²) < 4.78 is 10.7. The van der Waals surface area contributed by atoms with Gasteiger partial charge >= 0.3 is 6.03 Å². The quantitative estimate of drug-likeness (QED) is 0.768. The van der Waals surface area contributed by atoms with E-state index in [1.165, 1.54) is 0 Å². The number of hydrogen-bond donors (Lipinski definition) is 2. The predicted octanol–water partition coefficient (Wildman–Crippen LogP) is 3.64. The first-order valence-corrected chi connectivity index (χ1v) is 7.14. The van der Waals surface area contributed by atoms with E-state index in [0.29, 0.717) is 24.6 Å². The van der Waals surface area contributed by atoms with E-state index in [0.717, 1.165) is 12.2 Å². The Hall–Kier alpha value is -2.53. The van der Waals surface area contributed by atoms with Gasteiger partial charge in [-0.1, -0.05) is 24.3 Å². The summed E-state index contributed by atoms with van der Waals surface area (Å²) in [7, 11) is 1.64. The van der Waals surface area contributed by atoms with Crippen molar-refractivity contribution in [3.63, 3.8) is 0 Å². The van der Waals surface area contributed by atoms with Gasteiger partial charge < -0.3 is 20.1 Å². The molecular weight excluding hydrogens is 280 g/mol. The average molecular weight is 300 g/mol. The molecule has 5 nitrogen and oxygen atoms in total. The summed E-state index contributed by atoms with van der Waals surface area (Å²) in [5, 5.41) is 5.54.